The summed E-state index contributed by atoms with van der Waals surface area (Å²) in [5.41, 5.74) is 3.83. The smallest absolute Gasteiger partial charge is 0.213 e. The molecule has 1 unspecified atom stereocenters. The molecule has 4 rings (SSSR count). The maximum absolute atomic E-state index is 15.0. The van der Waals surface area contributed by atoms with Crippen LogP contribution in [0.5, 0.6) is 11.6 Å². The maximum Gasteiger partial charge on any atom is 0.213 e. The lowest BCUT2D eigenvalue weighted by Crippen LogP contribution is -2.21. The Morgan fingerprint density at radius 3 is 2.46 bits per heavy atom. The van der Waals surface area contributed by atoms with Gasteiger partial charge in [0.05, 0.1) is 26.0 Å². The number of aromatic nitrogens is 1. The summed E-state index contributed by atoms with van der Waals surface area (Å²) in [6.45, 7) is 10.7. The first-order valence-corrected chi connectivity index (χ1v) is 16.5. The van der Waals surface area contributed by atoms with Gasteiger partial charge in [-0.1, -0.05) is 45.0 Å². The minimum atomic E-state index is -2.67. The van der Waals surface area contributed by atoms with E-state index in [1.807, 2.05) is 37.3 Å². The number of hydrogen-bond acceptors (Lipinski definition) is 6. The van der Waals surface area contributed by atoms with E-state index in [1.54, 1.807) is 19.8 Å². The molecule has 0 N–H and O–H groups in total. The van der Waals surface area contributed by atoms with E-state index in [0.717, 1.165) is 40.8 Å². The third-order valence-electron chi connectivity index (χ3n) is 7.56. The normalized spacial score (nSPS) is 16.6. The summed E-state index contributed by atoms with van der Waals surface area (Å²) in [4.78, 5) is 4.00. The molecule has 41 heavy (non-hydrogen) atoms. The Kier molecular flexibility index (Phi) is 9.94. The van der Waals surface area contributed by atoms with Crippen molar-refractivity contribution in [3.8, 4) is 22.8 Å². The molecule has 222 valence electrons. The van der Waals surface area contributed by atoms with Gasteiger partial charge in [0.2, 0.25) is 13.2 Å². The molecule has 2 aromatic carbocycles. The molecule has 1 saturated carbocycles. The Morgan fingerprint density at radius 1 is 1.07 bits per heavy atom. The molecule has 3 atom stereocenters. The summed E-state index contributed by atoms with van der Waals surface area (Å²) in [5.74, 6) is 1.39. The van der Waals surface area contributed by atoms with Crippen molar-refractivity contribution in [2.24, 2.45) is 11.3 Å². The highest BCUT2D eigenvalue weighted by Gasteiger charge is 2.36. The number of pyridine rings is 1. The molecule has 0 aliphatic heterocycles. The molecule has 1 heterocycles. The third kappa shape index (κ3) is 7.97. The van der Waals surface area contributed by atoms with Crippen LogP contribution in [0.15, 0.2) is 54.7 Å². The van der Waals surface area contributed by atoms with Gasteiger partial charge in [-0.05, 0) is 77.5 Å². The van der Waals surface area contributed by atoms with Crippen LogP contribution >= 0.6 is 7.37 Å². The lowest BCUT2D eigenvalue weighted by atomic mass is 9.81. The SMILES string of the molecule is CCOP(C)(=O)C[C@H](c1cccc(OCc2ccc(-c3cc(OC)ncc3F)c([C@@H](OC)C(C)(C)C)c2)c1)C1CC1. The van der Waals surface area contributed by atoms with E-state index in [0.29, 0.717) is 36.7 Å². The molecular weight excluding hydrogens is 540 g/mol. The van der Waals surface area contributed by atoms with Crippen molar-refractivity contribution in [1.82, 2.24) is 4.98 Å². The zero-order valence-electron chi connectivity index (χ0n) is 25.3. The van der Waals surface area contributed by atoms with Crippen LogP contribution in [0.1, 0.15) is 69.2 Å². The van der Waals surface area contributed by atoms with Gasteiger partial charge in [0.1, 0.15) is 18.2 Å². The number of methoxy groups -OCH3 is 2. The molecule has 0 bridgehead atoms. The summed E-state index contributed by atoms with van der Waals surface area (Å²) in [7, 11) is 0.521. The second-order valence-corrected chi connectivity index (χ2v) is 14.7. The van der Waals surface area contributed by atoms with Crippen LogP contribution < -0.4 is 9.47 Å². The molecule has 1 aliphatic rings. The van der Waals surface area contributed by atoms with E-state index < -0.39 is 13.2 Å². The first-order valence-electron chi connectivity index (χ1n) is 14.2. The van der Waals surface area contributed by atoms with Crippen LogP contribution in [0, 0.1) is 17.2 Å². The molecule has 0 amide bonds. The van der Waals surface area contributed by atoms with Crippen LogP contribution in [0.2, 0.25) is 0 Å². The number of hydrogen-bond donors (Lipinski definition) is 0. The Morgan fingerprint density at radius 2 is 1.83 bits per heavy atom. The highest BCUT2D eigenvalue weighted by molar-refractivity contribution is 7.58. The Balaban J connectivity index is 1.62. The van der Waals surface area contributed by atoms with E-state index in [9.17, 15) is 4.57 Å². The second kappa shape index (κ2) is 13.1. The highest BCUT2D eigenvalue weighted by Crippen LogP contribution is 2.53. The van der Waals surface area contributed by atoms with Crippen molar-refractivity contribution in [2.75, 3.05) is 33.7 Å². The van der Waals surface area contributed by atoms with Crippen LogP contribution in [0.3, 0.4) is 0 Å². The molecule has 3 aromatic rings. The lowest BCUT2D eigenvalue weighted by Gasteiger charge is -2.32. The van der Waals surface area contributed by atoms with E-state index in [-0.39, 0.29) is 17.4 Å². The summed E-state index contributed by atoms with van der Waals surface area (Å²) < 4.78 is 51.1. The standard InChI is InChI=1S/C33H43FNO5P/c1-8-40-41(7,36)21-29(23-13-14-23)24-10-9-11-25(17-24)39-20-22-12-15-26(27-18-31(37-5)35-19-30(27)34)28(16-22)32(38-6)33(2,3)4/h9-12,15-19,23,29,32H,8,13-14,20-21H2,1-7H3/t29-,32+,41?/m0/s1. The van der Waals surface area contributed by atoms with Crippen molar-refractivity contribution in [1.29, 1.82) is 0 Å². The summed E-state index contributed by atoms with van der Waals surface area (Å²) in [6, 6.07) is 15.6. The van der Waals surface area contributed by atoms with Gasteiger partial charge in [-0.3, -0.25) is 4.57 Å². The quantitative estimate of drug-likeness (QED) is 0.188. The minimum Gasteiger partial charge on any atom is -0.489 e. The van der Waals surface area contributed by atoms with Gasteiger partial charge in [-0.2, -0.15) is 0 Å². The first kappa shape index (κ1) is 31.2. The molecule has 0 radical (unpaired) electrons. The van der Waals surface area contributed by atoms with Crippen molar-refractivity contribution in [3.05, 3.63) is 77.2 Å². The van der Waals surface area contributed by atoms with Crippen LogP contribution in [0.4, 0.5) is 4.39 Å². The summed E-state index contributed by atoms with van der Waals surface area (Å²) in [5, 5.41) is 0. The van der Waals surface area contributed by atoms with Crippen molar-refractivity contribution in [3.63, 3.8) is 0 Å². The molecule has 8 heteroatoms. The van der Waals surface area contributed by atoms with Crippen molar-refractivity contribution in [2.45, 2.75) is 59.2 Å². The minimum absolute atomic E-state index is 0.188. The van der Waals surface area contributed by atoms with Gasteiger partial charge in [0.25, 0.3) is 0 Å². The molecule has 6 nitrogen and oxygen atoms in total. The lowest BCUT2D eigenvalue weighted by molar-refractivity contribution is 0.0155. The Bertz CT molecular complexity index is 1380. The monoisotopic (exact) mass is 583 g/mol. The van der Waals surface area contributed by atoms with E-state index >= 15 is 4.39 Å². The zero-order chi connectivity index (χ0) is 29.8. The highest BCUT2D eigenvalue weighted by atomic mass is 31.2. The average Bonchev–Trinajstić information content (AvgIpc) is 3.76. The Hall–Kier alpha value is -2.73. The summed E-state index contributed by atoms with van der Waals surface area (Å²) >= 11 is 0. The first-order chi connectivity index (χ1) is 19.5. The van der Waals surface area contributed by atoms with Gasteiger partial charge in [0, 0.05) is 31.6 Å². The molecule has 1 aromatic heterocycles. The number of rotatable bonds is 13. The molecule has 1 aliphatic carbocycles. The van der Waals surface area contributed by atoms with Gasteiger partial charge in [-0.25, -0.2) is 9.37 Å². The predicted octanol–water partition coefficient (Wildman–Crippen LogP) is 8.65. The third-order valence-corrected chi connectivity index (χ3v) is 9.42. The summed E-state index contributed by atoms with van der Waals surface area (Å²) in [6.07, 6.45) is 3.72. The molecule has 1 fully saturated rings. The van der Waals surface area contributed by atoms with Crippen LogP contribution in [-0.4, -0.2) is 38.6 Å². The van der Waals surface area contributed by atoms with Gasteiger partial charge in [-0.15, -0.1) is 0 Å². The molecule has 0 saturated heterocycles. The van der Waals surface area contributed by atoms with E-state index in [1.165, 1.54) is 13.3 Å². The van der Waals surface area contributed by atoms with E-state index in [4.69, 9.17) is 18.7 Å². The zero-order valence-corrected chi connectivity index (χ0v) is 26.2. The second-order valence-electron chi connectivity index (χ2n) is 12.0. The van der Waals surface area contributed by atoms with Crippen LogP contribution in [0.25, 0.3) is 11.1 Å². The molecule has 0 spiro atoms. The predicted molar refractivity (Wildman–Crippen MR) is 162 cm³/mol. The number of halogens is 1. The van der Waals surface area contributed by atoms with Gasteiger partial charge >= 0.3 is 0 Å². The topological polar surface area (TPSA) is 66.9 Å². The van der Waals surface area contributed by atoms with Crippen molar-refractivity contribution >= 4 is 7.37 Å². The number of ether oxygens (including phenoxy) is 3. The largest absolute Gasteiger partial charge is 0.489 e. The van der Waals surface area contributed by atoms with Crippen molar-refractivity contribution < 1.29 is 27.7 Å². The number of benzene rings is 2. The maximum atomic E-state index is 15.0. The fourth-order valence-corrected chi connectivity index (χ4v) is 7.43. The number of nitrogens with zero attached hydrogens (tertiary/aromatic N) is 1. The Labute approximate surface area is 244 Å². The van der Waals surface area contributed by atoms with Gasteiger partial charge in [0.15, 0.2) is 0 Å². The average molecular weight is 584 g/mol. The fourth-order valence-electron chi connectivity index (χ4n) is 5.56. The van der Waals surface area contributed by atoms with Gasteiger partial charge < -0.3 is 18.7 Å². The van der Waals surface area contributed by atoms with Crippen LogP contribution in [-0.2, 0) is 20.4 Å². The van der Waals surface area contributed by atoms with E-state index in [2.05, 4.69) is 37.9 Å². The molecular formula is C33H43FNO5P. The fraction of sp³-hybridized carbons (Fsp3) is 0.485.